The van der Waals surface area contributed by atoms with E-state index in [9.17, 15) is 14.7 Å². The second-order valence-electron chi connectivity index (χ2n) is 7.46. The molecule has 0 unspecified atom stereocenters. The number of hydrogen-bond acceptors (Lipinski definition) is 9. The summed E-state index contributed by atoms with van der Waals surface area (Å²) in [6, 6.07) is 1.60. The molecule has 2 aromatic heterocycles. The van der Waals surface area contributed by atoms with Crippen LogP contribution >= 0.6 is 0 Å². The summed E-state index contributed by atoms with van der Waals surface area (Å²) >= 11 is 0. The molecular weight excluding hydrogens is 420 g/mol. The number of nitrogens with zero attached hydrogens (tertiary/aromatic N) is 6. The zero-order valence-electron chi connectivity index (χ0n) is 18.0. The maximum absolute atomic E-state index is 12.6. The maximum atomic E-state index is 12.6. The molecule has 0 spiro atoms. The fraction of sp³-hybridized carbons (Fsp3) is 0.500. The van der Waals surface area contributed by atoms with Gasteiger partial charge in [0.2, 0.25) is 5.95 Å². The van der Waals surface area contributed by atoms with Crippen LogP contribution in [0, 0.1) is 6.92 Å². The molecule has 0 bridgehead atoms. The summed E-state index contributed by atoms with van der Waals surface area (Å²) in [4.78, 5) is 49.8. The lowest BCUT2D eigenvalue weighted by Crippen LogP contribution is -2.30. The van der Waals surface area contributed by atoms with E-state index in [4.69, 9.17) is 14.6 Å². The molecule has 32 heavy (non-hydrogen) atoms. The van der Waals surface area contributed by atoms with Crippen molar-refractivity contribution >= 4 is 24.3 Å². The van der Waals surface area contributed by atoms with Crippen molar-refractivity contribution in [3.8, 4) is 0 Å². The molecule has 0 aromatic carbocycles. The highest BCUT2D eigenvalue weighted by Crippen LogP contribution is 2.18. The molecular formula is C20H26N6O6. The number of aliphatic hydroxyl groups is 1. The minimum atomic E-state index is -0.491. The number of β-amino-alcohol motifs (C(OH)–C–C–N with tert-alkyl or cyclic N) is 1. The number of anilines is 1. The number of fused-ring (bicyclic) bond motifs is 1. The van der Waals surface area contributed by atoms with Gasteiger partial charge in [0, 0.05) is 51.0 Å². The lowest BCUT2D eigenvalue weighted by Gasteiger charge is -2.20. The highest BCUT2D eigenvalue weighted by molar-refractivity contribution is 5.92. The van der Waals surface area contributed by atoms with Crippen LogP contribution in [0.3, 0.4) is 0 Å². The van der Waals surface area contributed by atoms with E-state index in [0.29, 0.717) is 62.9 Å². The first-order valence-corrected chi connectivity index (χ1v) is 10.2. The van der Waals surface area contributed by atoms with Gasteiger partial charge in [0.25, 0.3) is 12.4 Å². The molecule has 2 aliphatic heterocycles. The van der Waals surface area contributed by atoms with Gasteiger partial charge >= 0.3 is 5.97 Å². The number of hydrogen-bond donors (Lipinski definition) is 2. The van der Waals surface area contributed by atoms with Gasteiger partial charge in [-0.15, -0.1) is 0 Å². The molecule has 172 valence electrons. The van der Waals surface area contributed by atoms with Crippen molar-refractivity contribution in [2.24, 2.45) is 0 Å². The first kappa shape index (κ1) is 23.1. The number of amides is 1. The highest BCUT2D eigenvalue weighted by atomic mass is 16.5. The van der Waals surface area contributed by atoms with Gasteiger partial charge in [-0.1, -0.05) is 0 Å². The van der Waals surface area contributed by atoms with Crippen LogP contribution in [0.25, 0.3) is 0 Å². The molecule has 12 nitrogen and oxygen atoms in total. The molecule has 4 heterocycles. The van der Waals surface area contributed by atoms with Gasteiger partial charge in [-0.3, -0.25) is 9.59 Å². The minimum absolute atomic E-state index is 0.135. The summed E-state index contributed by atoms with van der Waals surface area (Å²) in [5.41, 5.74) is 1.35. The Morgan fingerprint density at radius 1 is 1.16 bits per heavy atom. The molecule has 1 atom stereocenters. The van der Waals surface area contributed by atoms with Crippen LogP contribution in [0.1, 0.15) is 38.9 Å². The zero-order valence-corrected chi connectivity index (χ0v) is 18.0. The summed E-state index contributed by atoms with van der Waals surface area (Å²) in [6.45, 7) is 4.36. The van der Waals surface area contributed by atoms with E-state index in [2.05, 4.69) is 15.0 Å². The number of methoxy groups -OCH3 is 1. The smallest absolute Gasteiger partial charge is 0.356 e. The standard InChI is InChI=1S/C19H24N6O4.CH2O2/c1-12-9-14(18(28)29-2)22-19(20-12)23-6-4-16-21-15(11-24(16)8-7-23)17(27)25-5-3-13(26)10-25;2-1-3/h9,11,13,26H,3-8,10H2,1-2H3;1H,(H,2,3)/t13-;/m1./s1. The van der Waals surface area contributed by atoms with Crippen molar-refractivity contribution in [2.45, 2.75) is 32.4 Å². The number of ether oxygens (including phenoxy) is 1. The quantitative estimate of drug-likeness (QED) is 0.476. The van der Waals surface area contributed by atoms with Gasteiger partial charge in [0.1, 0.15) is 11.5 Å². The number of imidazole rings is 1. The van der Waals surface area contributed by atoms with Crippen molar-refractivity contribution in [3.05, 3.63) is 35.2 Å². The minimum Gasteiger partial charge on any atom is -0.483 e. The highest BCUT2D eigenvalue weighted by Gasteiger charge is 2.28. The van der Waals surface area contributed by atoms with Crippen LogP contribution in [0.4, 0.5) is 5.95 Å². The second-order valence-corrected chi connectivity index (χ2v) is 7.46. The fourth-order valence-electron chi connectivity index (χ4n) is 3.72. The van der Waals surface area contributed by atoms with Crippen LogP contribution in [0.15, 0.2) is 12.3 Å². The Hall–Kier alpha value is -3.54. The average Bonchev–Trinajstić information content (AvgIpc) is 3.34. The number of aryl methyl sites for hydroxylation is 1. The van der Waals surface area contributed by atoms with E-state index >= 15 is 0 Å². The predicted octanol–water partition coefficient (Wildman–Crippen LogP) is -0.262. The molecule has 2 aliphatic rings. The Morgan fingerprint density at radius 3 is 2.56 bits per heavy atom. The van der Waals surface area contributed by atoms with E-state index in [1.165, 1.54) is 7.11 Å². The Balaban J connectivity index is 0.000000913. The SMILES string of the molecule is COC(=O)c1cc(C)nc(N2CCc3nc(C(=O)N4CC[C@@H](O)C4)cn3CC2)n1.O=CO. The van der Waals surface area contributed by atoms with Gasteiger partial charge < -0.3 is 29.3 Å². The number of rotatable bonds is 3. The van der Waals surface area contributed by atoms with Crippen molar-refractivity contribution in [2.75, 3.05) is 38.2 Å². The molecule has 2 aromatic rings. The summed E-state index contributed by atoms with van der Waals surface area (Å²) in [5, 5.41) is 16.5. The number of esters is 1. The molecule has 0 saturated carbocycles. The van der Waals surface area contributed by atoms with Crippen LogP contribution < -0.4 is 4.90 Å². The first-order valence-electron chi connectivity index (χ1n) is 10.2. The Kier molecular flexibility index (Phi) is 7.36. The molecule has 2 N–H and O–H groups in total. The number of aromatic nitrogens is 4. The Bertz CT molecular complexity index is 967. The van der Waals surface area contributed by atoms with Gasteiger partial charge in [-0.05, 0) is 19.4 Å². The molecule has 0 radical (unpaired) electrons. The third-order valence-corrected chi connectivity index (χ3v) is 5.26. The maximum Gasteiger partial charge on any atom is 0.356 e. The summed E-state index contributed by atoms with van der Waals surface area (Å²) < 4.78 is 6.75. The Morgan fingerprint density at radius 2 is 1.91 bits per heavy atom. The third kappa shape index (κ3) is 5.19. The monoisotopic (exact) mass is 446 g/mol. The lowest BCUT2D eigenvalue weighted by molar-refractivity contribution is -0.122. The van der Waals surface area contributed by atoms with E-state index in [1.54, 1.807) is 17.2 Å². The fourth-order valence-corrected chi connectivity index (χ4v) is 3.72. The molecule has 1 fully saturated rings. The summed E-state index contributed by atoms with van der Waals surface area (Å²) in [5.74, 6) is 0.688. The lowest BCUT2D eigenvalue weighted by atomic mass is 10.3. The van der Waals surface area contributed by atoms with Crippen LogP contribution in [-0.4, -0.2) is 92.4 Å². The molecule has 1 saturated heterocycles. The number of carbonyl (C=O) groups is 3. The van der Waals surface area contributed by atoms with Crippen LogP contribution in [0.2, 0.25) is 0 Å². The second kappa shape index (κ2) is 10.2. The first-order chi connectivity index (χ1) is 15.4. The number of carboxylic acid groups (broad SMARTS) is 1. The van der Waals surface area contributed by atoms with E-state index < -0.39 is 12.1 Å². The van der Waals surface area contributed by atoms with Gasteiger partial charge in [-0.25, -0.2) is 19.7 Å². The Labute approximate surface area is 184 Å². The van der Waals surface area contributed by atoms with Gasteiger partial charge in [0.05, 0.1) is 13.2 Å². The normalized spacial score (nSPS) is 17.7. The average molecular weight is 446 g/mol. The van der Waals surface area contributed by atoms with E-state index in [1.807, 2.05) is 16.4 Å². The van der Waals surface area contributed by atoms with Crippen LogP contribution in [0.5, 0.6) is 0 Å². The van der Waals surface area contributed by atoms with Crippen molar-refractivity contribution < 1.29 is 29.3 Å². The predicted molar refractivity (Wildman–Crippen MR) is 111 cm³/mol. The van der Waals surface area contributed by atoms with Gasteiger partial charge in [-0.2, -0.15) is 0 Å². The van der Waals surface area contributed by atoms with Crippen molar-refractivity contribution in [3.63, 3.8) is 0 Å². The summed E-state index contributed by atoms with van der Waals surface area (Å²) in [7, 11) is 1.33. The summed E-state index contributed by atoms with van der Waals surface area (Å²) in [6.07, 6.45) is 2.57. The van der Waals surface area contributed by atoms with Crippen molar-refractivity contribution in [1.29, 1.82) is 0 Å². The molecule has 12 heteroatoms. The molecule has 1 amide bonds. The van der Waals surface area contributed by atoms with Crippen molar-refractivity contribution in [1.82, 2.24) is 24.4 Å². The zero-order chi connectivity index (χ0) is 23.3. The molecule has 4 rings (SSSR count). The topological polar surface area (TPSA) is 151 Å². The third-order valence-electron chi connectivity index (χ3n) is 5.26. The largest absolute Gasteiger partial charge is 0.483 e. The van der Waals surface area contributed by atoms with E-state index in [-0.39, 0.29) is 18.1 Å². The van der Waals surface area contributed by atoms with Gasteiger partial charge in [0.15, 0.2) is 5.69 Å². The number of carbonyl (C=O) groups excluding carboxylic acids is 2. The van der Waals surface area contributed by atoms with E-state index in [0.717, 1.165) is 5.82 Å². The van der Waals surface area contributed by atoms with Crippen LogP contribution in [-0.2, 0) is 22.5 Å². The number of aliphatic hydroxyl groups excluding tert-OH is 1. The number of likely N-dealkylation sites (tertiary alicyclic amines) is 1. The molecule has 0 aliphatic carbocycles.